The van der Waals surface area contributed by atoms with Gasteiger partial charge in [0, 0.05) is 23.5 Å². The van der Waals surface area contributed by atoms with Crippen LogP contribution in [0.3, 0.4) is 0 Å². The van der Waals surface area contributed by atoms with Crippen LogP contribution in [0, 0.1) is 5.41 Å². The van der Waals surface area contributed by atoms with Crippen LogP contribution < -0.4 is 0 Å². The first-order valence-electron chi connectivity index (χ1n) is 7.28. The molecule has 0 radical (unpaired) electrons. The molecule has 0 aliphatic heterocycles. The van der Waals surface area contributed by atoms with E-state index in [1.54, 1.807) is 0 Å². The Morgan fingerprint density at radius 2 is 1.70 bits per heavy atom. The third-order valence-corrected chi connectivity index (χ3v) is 4.26. The molecule has 0 spiro atoms. The molecule has 0 amide bonds. The van der Waals surface area contributed by atoms with Crippen molar-refractivity contribution < 1.29 is 0 Å². The minimum Gasteiger partial charge on any atom is -0.303 e. The van der Waals surface area contributed by atoms with E-state index < -0.39 is 0 Å². The predicted molar refractivity (Wildman–Crippen MR) is 90.6 cm³/mol. The van der Waals surface area contributed by atoms with Gasteiger partial charge in [0.25, 0.3) is 0 Å². The van der Waals surface area contributed by atoms with Gasteiger partial charge in [-0.1, -0.05) is 56.7 Å². The fourth-order valence-electron chi connectivity index (χ4n) is 2.13. The second-order valence-corrected chi connectivity index (χ2v) is 7.35. The van der Waals surface area contributed by atoms with E-state index in [1.807, 2.05) is 12.1 Å². The summed E-state index contributed by atoms with van der Waals surface area (Å²) in [4.78, 5) is 2.37. The summed E-state index contributed by atoms with van der Waals surface area (Å²) >= 11 is 6.01. The third kappa shape index (κ3) is 4.64. The number of likely N-dealkylation sites (N-methyl/N-ethyl adjacent to an activating group) is 1. The predicted octanol–water partition coefficient (Wildman–Crippen LogP) is 5.37. The zero-order chi connectivity index (χ0) is 15.5. The molecule has 0 bridgehead atoms. The highest BCUT2D eigenvalue weighted by Gasteiger charge is 2.26. The second-order valence-electron chi connectivity index (χ2n) is 6.91. The molecule has 112 valence electrons. The Balaban J connectivity index is 3.07. The van der Waals surface area contributed by atoms with Gasteiger partial charge in [0.15, 0.2) is 0 Å². The normalized spacial score (nSPS) is 13.8. The summed E-state index contributed by atoms with van der Waals surface area (Å²) in [7, 11) is 2.17. The molecule has 2 heteroatoms. The molecular weight excluding hydrogens is 266 g/mol. The minimum absolute atomic E-state index is 0.0993. The zero-order valence-electron chi connectivity index (χ0n) is 13.7. The summed E-state index contributed by atoms with van der Waals surface area (Å²) in [6.45, 7) is 16.5. The number of hydrogen-bond donors (Lipinski definition) is 0. The van der Waals surface area contributed by atoms with Crippen LogP contribution in [0.2, 0.25) is 5.02 Å². The fourth-order valence-corrected chi connectivity index (χ4v) is 2.26. The molecule has 20 heavy (non-hydrogen) atoms. The molecule has 1 aromatic carbocycles. The lowest BCUT2D eigenvalue weighted by Crippen LogP contribution is -2.33. The van der Waals surface area contributed by atoms with Crippen molar-refractivity contribution in [2.45, 2.75) is 46.6 Å². The molecule has 0 fully saturated rings. The van der Waals surface area contributed by atoms with Crippen molar-refractivity contribution in [2.75, 3.05) is 13.6 Å². The second kappa shape index (κ2) is 6.78. The van der Waals surface area contributed by atoms with Gasteiger partial charge in [-0.25, -0.2) is 0 Å². The summed E-state index contributed by atoms with van der Waals surface area (Å²) in [5, 5.41) is 0.783. The molecular formula is C18H28ClN. The number of benzene rings is 1. The first-order chi connectivity index (χ1) is 9.12. The average Bonchev–Trinajstić information content (AvgIpc) is 2.34. The molecule has 1 atom stereocenters. The maximum Gasteiger partial charge on any atom is 0.0406 e. The lowest BCUT2D eigenvalue weighted by Gasteiger charge is -2.34. The molecule has 0 aliphatic rings. The number of nitrogens with zero attached hydrogens (tertiary/aromatic N) is 1. The molecule has 1 unspecified atom stereocenters. The van der Waals surface area contributed by atoms with Gasteiger partial charge >= 0.3 is 0 Å². The van der Waals surface area contributed by atoms with Crippen molar-refractivity contribution in [1.29, 1.82) is 0 Å². The summed E-state index contributed by atoms with van der Waals surface area (Å²) in [5.74, 6) is 0.333. The van der Waals surface area contributed by atoms with E-state index in [9.17, 15) is 0 Å². The van der Waals surface area contributed by atoms with E-state index >= 15 is 0 Å². The summed E-state index contributed by atoms with van der Waals surface area (Å²) in [6, 6.07) is 8.71. The molecule has 1 nitrogen and oxygen atoms in total. The molecule has 0 heterocycles. The Hall–Kier alpha value is -0.790. The fraction of sp³-hybridized carbons (Fsp3) is 0.556. The van der Waals surface area contributed by atoms with Crippen LogP contribution in [0.15, 0.2) is 36.4 Å². The molecule has 0 saturated heterocycles. The molecule has 0 N–H and O–H groups in total. The molecule has 0 saturated carbocycles. The van der Waals surface area contributed by atoms with Crippen molar-refractivity contribution in [1.82, 2.24) is 4.90 Å². The summed E-state index contributed by atoms with van der Waals surface area (Å²) < 4.78 is 0. The van der Waals surface area contributed by atoms with Gasteiger partial charge in [0.05, 0.1) is 0 Å². The average molecular weight is 294 g/mol. The Morgan fingerprint density at radius 1 is 1.20 bits per heavy atom. The standard InChI is InChI=1S/C18H28ClN/c1-13(2)20(7)12-17(14(3)18(4,5)6)15-8-10-16(19)11-9-15/h8-11,13,17H,3,12H2,1-2,4-7H3. The van der Waals surface area contributed by atoms with E-state index in [0.29, 0.717) is 12.0 Å². The Labute approximate surface area is 129 Å². The van der Waals surface area contributed by atoms with Gasteiger partial charge < -0.3 is 4.90 Å². The van der Waals surface area contributed by atoms with Crippen molar-refractivity contribution in [2.24, 2.45) is 5.41 Å². The quantitative estimate of drug-likeness (QED) is 0.660. The van der Waals surface area contributed by atoms with Crippen molar-refractivity contribution >= 4 is 11.6 Å². The highest BCUT2D eigenvalue weighted by atomic mass is 35.5. The van der Waals surface area contributed by atoms with Gasteiger partial charge in [-0.05, 0) is 44.0 Å². The maximum atomic E-state index is 6.01. The van der Waals surface area contributed by atoms with Crippen LogP contribution in [0.25, 0.3) is 0 Å². The van der Waals surface area contributed by atoms with E-state index in [0.717, 1.165) is 11.6 Å². The lowest BCUT2D eigenvalue weighted by atomic mass is 9.76. The first-order valence-corrected chi connectivity index (χ1v) is 7.65. The number of halogens is 1. The van der Waals surface area contributed by atoms with Crippen LogP contribution >= 0.6 is 11.6 Å². The summed E-state index contributed by atoms with van der Waals surface area (Å²) in [6.07, 6.45) is 0. The van der Waals surface area contributed by atoms with E-state index in [1.165, 1.54) is 11.1 Å². The smallest absolute Gasteiger partial charge is 0.0406 e. The Kier molecular flexibility index (Phi) is 5.85. The monoisotopic (exact) mass is 293 g/mol. The van der Waals surface area contributed by atoms with Crippen LogP contribution in [0.1, 0.15) is 46.1 Å². The summed E-state index contributed by atoms with van der Waals surface area (Å²) in [5.41, 5.74) is 2.66. The van der Waals surface area contributed by atoms with Crippen LogP contribution in [0.4, 0.5) is 0 Å². The Morgan fingerprint density at radius 3 is 2.10 bits per heavy atom. The van der Waals surface area contributed by atoms with Gasteiger partial charge in [-0.15, -0.1) is 0 Å². The van der Waals surface area contributed by atoms with Crippen molar-refractivity contribution in [3.8, 4) is 0 Å². The van der Waals surface area contributed by atoms with E-state index in [4.69, 9.17) is 11.6 Å². The zero-order valence-corrected chi connectivity index (χ0v) is 14.5. The maximum absolute atomic E-state index is 6.01. The molecule has 1 rings (SSSR count). The number of rotatable bonds is 5. The van der Waals surface area contributed by atoms with E-state index in [-0.39, 0.29) is 5.41 Å². The van der Waals surface area contributed by atoms with Crippen LogP contribution in [0.5, 0.6) is 0 Å². The highest BCUT2D eigenvalue weighted by molar-refractivity contribution is 6.30. The van der Waals surface area contributed by atoms with Gasteiger partial charge in [-0.3, -0.25) is 0 Å². The Bertz CT molecular complexity index is 439. The van der Waals surface area contributed by atoms with E-state index in [2.05, 4.69) is 65.3 Å². The van der Waals surface area contributed by atoms with Crippen LogP contribution in [-0.2, 0) is 0 Å². The first kappa shape index (κ1) is 17.3. The third-order valence-electron chi connectivity index (χ3n) is 4.01. The topological polar surface area (TPSA) is 3.24 Å². The number of hydrogen-bond acceptors (Lipinski definition) is 1. The largest absolute Gasteiger partial charge is 0.303 e. The van der Waals surface area contributed by atoms with Crippen molar-refractivity contribution in [3.05, 3.63) is 47.0 Å². The molecule has 1 aromatic rings. The van der Waals surface area contributed by atoms with Gasteiger partial charge in [0.1, 0.15) is 0 Å². The molecule has 0 aromatic heterocycles. The molecule has 0 aliphatic carbocycles. The minimum atomic E-state index is 0.0993. The van der Waals surface area contributed by atoms with Gasteiger partial charge in [0.2, 0.25) is 0 Å². The van der Waals surface area contributed by atoms with Crippen molar-refractivity contribution in [3.63, 3.8) is 0 Å². The van der Waals surface area contributed by atoms with Gasteiger partial charge in [-0.2, -0.15) is 0 Å². The van der Waals surface area contributed by atoms with Crippen LogP contribution in [-0.4, -0.2) is 24.5 Å². The SMILES string of the molecule is C=C(C(CN(C)C(C)C)c1ccc(Cl)cc1)C(C)(C)C. The lowest BCUT2D eigenvalue weighted by molar-refractivity contribution is 0.256. The highest BCUT2D eigenvalue weighted by Crippen LogP contribution is 2.37.